The van der Waals surface area contributed by atoms with Crippen molar-refractivity contribution < 1.29 is 37.7 Å². The van der Waals surface area contributed by atoms with E-state index in [4.69, 9.17) is 30.8 Å². The maximum Gasteiger partial charge on any atom is 0.345 e. The number of carbonyl (C=O) groups excluding carboxylic acids is 1. The van der Waals surface area contributed by atoms with Crippen LogP contribution in [0.4, 0.5) is 14.5 Å². The van der Waals surface area contributed by atoms with E-state index in [2.05, 4.69) is 38.2 Å². The van der Waals surface area contributed by atoms with Gasteiger partial charge in [-0.25, -0.2) is 13.6 Å². The van der Waals surface area contributed by atoms with E-state index in [-0.39, 0.29) is 31.2 Å². The highest BCUT2D eigenvalue weighted by Crippen LogP contribution is 2.48. The fraction of sp³-hybridized carbons (Fsp3) is 0.372. The van der Waals surface area contributed by atoms with Gasteiger partial charge in [-0.15, -0.1) is 0 Å². The SMILES string of the molecule is C=C/C(CC(Oc1nsc2cnc(-c3cccc4c3NC(=O)C4)c(-c3ccc(OCCN4CCN(C)CC4)c(Cl)c3C)c12)C(=O)O)=C(\C)OCc1ccnn1CC(C)(F)F. The Labute approximate surface area is 355 Å². The van der Waals surface area contributed by atoms with Crippen LogP contribution in [0.2, 0.25) is 5.02 Å². The zero-order valence-electron chi connectivity index (χ0n) is 33.8. The lowest BCUT2D eigenvalue weighted by Crippen LogP contribution is -2.45. The van der Waals surface area contributed by atoms with E-state index in [1.54, 1.807) is 19.2 Å². The average Bonchev–Trinajstić information content (AvgIpc) is 3.94. The molecular weight excluding hydrogens is 816 g/mol. The molecule has 1 unspecified atom stereocenters. The van der Waals surface area contributed by atoms with Gasteiger partial charge in [0.1, 0.15) is 25.5 Å². The second-order valence-electron chi connectivity index (χ2n) is 15.1. The Morgan fingerprint density at radius 3 is 2.68 bits per heavy atom. The van der Waals surface area contributed by atoms with Crippen LogP contribution in [0, 0.1) is 6.92 Å². The third kappa shape index (κ3) is 9.46. The van der Waals surface area contributed by atoms with Crippen LogP contribution in [0.3, 0.4) is 0 Å². The molecule has 7 rings (SSSR count). The fourth-order valence-corrected chi connectivity index (χ4v) is 8.27. The topological polar surface area (TPSA) is 144 Å². The highest BCUT2D eigenvalue weighted by molar-refractivity contribution is 7.13. The molecule has 2 aliphatic rings. The maximum atomic E-state index is 13.7. The van der Waals surface area contributed by atoms with Gasteiger partial charge in [-0.05, 0) is 66.8 Å². The molecule has 1 fully saturated rings. The Kier molecular flexibility index (Phi) is 12.8. The number of hydrogen-bond donors (Lipinski definition) is 2. The summed E-state index contributed by atoms with van der Waals surface area (Å²) in [6.45, 7) is 12.7. The summed E-state index contributed by atoms with van der Waals surface area (Å²) < 4.78 is 52.4. The van der Waals surface area contributed by atoms with Crippen LogP contribution in [0.1, 0.15) is 37.1 Å². The van der Waals surface area contributed by atoms with Crippen molar-refractivity contribution in [2.45, 2.75) is 58.8 Å². The highest BCUT2D eigenvalue weighted by Gasteiger charge is 2.30. The number of likely N-dealkylation sites (N-methyl/N-ethyl adjacent to an activating group) is 1. The van der Waals surface area contributed by atoms with Gasteiger partial charge in [0.25, 0.3) is 5.92 Å². The number of para-hydroxylation sites is 1. The number of rotatable bonds is 17. The van der Waals surface area contributed by atoms with Crippen molar-refractivity contribution in [1.29, 1.82) is 0 Å². The van der Waals surface area contributed by atoms with E-state index in [0.717, 1.165) is 56.7 Å². The smallest absolute Gasteiger partial charge is 0.345 e. The minimum absolute atomic E-state index is 0.0621. The number of aliphatic carboxylic acids is 1. The molecule has 0 radical (unpaired) electrons. The first-order chi connectivity index (χ1) is 28.7. The Balaban J connectivity index is 1.23. The Morgan fingerprint density at radius 1 is 1.17 bits per heavy atom. The summed E-state index contributed by atoms with van der Waals surface area (Å²) in [5.41, 5.74) is 5.46. The van der Waals surface area contributed by atoms with Gasteiger partial charge in [-0.1, -0.05) is 48.5 Å². The van der Waals surface area contributed by atoms with Crippen LogP contribution in [-0.4, -0.2) is 104 Å². The van der Waals surface area contributed by atoms with Crippen molar-refractivity contribution in [3.05, 3.63) is 94.6 Å². The standard InChI is InChI=1S/C43H46ClF2N7O6S/c1-6-27(26(3)58-23-29-12-13-48-53(29)24-43(4,45)46)20-33(42(55)56)59-41-37-34(60-50-41)22-47-40(31-9-7-8-28-21-35(54)49-39(28)31)36(37)30-10-11-32(38(44)25(30)2)57-19-18-52-16-14-51(5)15-17-52/h6-13,22,33H,1,14-21,23-24H2,2-5H3,(H,49,54)(H,55,56)/b27-26-. The lowest BCUT2D eigenvalue weighted by molar-refractivity contribution is -0.145. The number of allylic oxidation sites excluding steroid dienone is 2. The molecule has 316 valence electrons. The van der Waals surface area contributed by atoms with Crippen LogP contribution in [0.25, 0.3) is 32.5 Å². The number of piperazine rings is 1. The summed E-state index contributed by atoms with van der Waals surface area (Å²) >= 11 is 8.18. The van der Waals surface area contributed by atoms with E-state index < -0.39 is 24.5 Å². The predicted octanol–water partition coefficient (Wildman–Crippen LogP) is 7.86. The molecule has 1 amide bonds. The Morgan fingerprint density at radius 2 is 1.95 bits per heavy atom. The lowest BCUT2D eigenvalue weighted by Gasteiger charge is -2.32. The van der Waals surface area contributed by atoms with Crippen LogP contribution < -0.4 is 14.8 Å². The number of pyridine rings is 1. The molecule has 2 N–H and O–H groups in total. The van der Waals surface area contributed by atoms with Crippen molar-refractivity contribution >= 4 is 50.8 Å². The maximum absolute atomic E-state index is 13.7. The summed E-state index contributed by atoms with van der Waals surface area (Å²) in [5.74, 6) is -3.45. The quantitative estimate of drug-likeness (QED) is 0.0697. The molecule has 5 aromatic rings. The van der Waals surface area contributed by atoms with Gasteiger partial charge in [-0.3, -0.25) is 19.4 Å². The molecule has 0 saturated carbocycles. The van der Waals surface area contributed by atoms with E-state index in [1.165, 1.54) is 17.0 Å². The number of nitrogens with zero attached hydrogens (tertiary/aromatic N) is 6. The molecule has 60 heavy (non-hydrogen) atoms. The van der Waals surface area contributed by atoms with E-state index in [9.17, 15) is 23.5 Å². The van der Waals surface area contributed by atoms with Crippen LogP contribution >= 0.6 is 23.1 Å². The second-order valence-corrected chi connectivity index (χ2v) is 16.3. The Bertz CT molecular complexity index is 2460. The first-order valence-corrected chi connectivity index (χ1v) is 20.6. The Hall–Kier alpha value is -5.42. The van der Waals surface area contributed by atoms with Crippen molar-refractivity contribution in [1.82, 2.24) is 28.9 Å². The normalized spacial score (nSPS) is 15.7. The van der Waals surface area contributed by atoms with Crippen molar-refractivity contribution in [3.8, 4) is 34.0 Å². The summed E-state index contributed by atoms with van der Waals surface area (Å²) in [4.78, 5) is 35.1. The van der Waals surface area contributed by atoms with E-state index in [0.29, 0.717) is 78.1 Å². The molecule has 2 aliphatic heterocycles. The molecule has 0 bridgehead atoms. The van der Waals surface area contributed by atoms with Gasteiger partial charge < -0.3 is 29.5 Å². The van der Waals surface area contributed by atoms with Crippen LogP contribution in [0.15, 0.2) is 72.8 Å². The summed E-state index contributed by atoms with van der Waals surface area (Å²) in [6.07, 6.45) is 3.16. The number of ether oxygens (including phenoxy) is 3. The minimum atomic E-state index is -2.98. The summed E-state index contributed by atoms with van der Waals surface area (Å²) in [7, 11) is 2.12. The van der Waals surface area contributed by atoms with E-state index >= 15 is 0 Å². The number of aromatic nitrogens is 4. The van der Waals surface area contributed by atoms with Gasteiger partial charge in [0.15, 0.2) is 0 Å². The molecule has 13 nitrogen and oxygen atoms in total. The molecule has 0 spiro atoms. The van der Waals surface area contributed by atoms with Gasteiger partial charge in [-0.2, -0.15) is 9.47 Å². The first kappa shape index (κ1) is 42.7. The molecule has 0 aliphatic carbocycles. The monoisotopic (exact) mass is 861 g/mol. The van der Waals surface area contributed by atoms with Gasteiger partial charge in [0.2, 0.25) is 17.9 Å². The number of nitrogens with one attached hydrogen (secondary N) is 1. The molecular formula is C43H46ClF2N7O6S. The van der Waals surface area contributed by atoms with Crippen molar-refractivity contribution in [2.24, 2.45) is 0 Å². The molecule has 5 heterocycles. The fourth-order valence-electron chi connectivity index (χ4n) is 7.35. The number of carbonyl (C=O) groups is 2. The first-order valence-electron chi connectivity index (χ1n) is 19.5. The van der Waals surface area contributed by atoms with Crippen LogP contribution in [-0.2, 0) is 33.9 Å². The number of hydrogen-bond acceptors (Lipinski definition) is 11. The van der Waals surface area contributed by atoms with Crippen LogP contribution in [0.5, 0.6) is 11.6 Å². The number of carboxylic acids is 1. The molecule has 2 aromatic carbocycles. The minimum Gasteiger partial charge on any atom is -0.492 e. The van der Waals surface area contributed by atoms with Gasteiger partial charge in [0, 0.05) is 69.6 Å². The third-order valence-electron chi connectivity index (χ3n) is 10.7. The van der Waals surface area contributed by atoms with Gasteiger partial charge in [0.05, 0.1) is 44.4 Å². The molecule has 17 heteroatoms. The van der Waals surface area contributed by atoms with Crippen molar-refractivity contribution in [3.63, 3.8) is 0 Å². The number of carboxylic acid groups (broad SMARTS) is 1. The molecule has 1 atom stereocenters. The number of amides is 1. The lowest BCUT2D eigenvalue weighted by atomic mass is 9.92. The largest absolute Gasteiger partial charge is 0.492 e. The zero-order valence-corrected chi connectivity index (χ0v) is 35.3. The number of fused-ring (bicyclic) bond motifs is 2. The summed E-state index contributed by atoms with van der Waals surface area (Å²) in [5, 5.41) is 18.4. The number of halogens is 3. The third-order valence-corrected chi connectivity index (χ3v) is 11.9. The predicted molar refractivity (Wildman–Crippen MR) is 227 cm³/mol. The zero-order chi connectivity index (χ0) is 42.7. The number of alkyl halides is 2. The molecule has 3 aromatic heterocycles. The summed E-state index contributed by atoms with van der Waals surface area (Å²) in [6, 6.07) is 10.9. The number of benzene rings is 2. The second kappa shape index (κ2) is 18.1. The number of anilines is 1. The van der Waals surface area contributed by atoms with Gasteiger partial charge >= 0.3 is 5.97 Å². The molecule has 1 saturated heterocycles. The highest BCUT2D eigenvalue weighted by atomic mass is 35.5. The van der Waals surface area contributed by atoms with E-state index in [1.807, 2.05) is 37.3 Å². The average molecular weight is 862 g/mol. The van der Waals surface area contributed by atoms with Crippen molar-refractivity contribution in [2.75, 3.05) is 51.7 Å².